The first-order valence-electron chi connectivity index (χ1n) is 9.36. The van der Waals surface area contributed by atoms with Crippen LogP contribution >= 0.6 is 11.8 Å². The molecule has 1 N–H and O–H groups in total. The number of anilines is 1. The maximum absolute atomic E-state index is 13.2. The van der Waals surface area contributed by atoms with Gasteiger partial charge >= 0.3 is 6.18 Å². The molecule has 11 heteroatoms. The summed E-state index contributed by atoms with van der Waals surface area (Å²) in [6.07, 6.45) is 0.244. The Hall–Kier alpha value is -3.60. The van der Waals surface area contributed by atoms with Gasteiger partial charge in [-0.1, -0.05) is 23.9 Å². The number of alkyl halides is 3. The third-order valence-electron chi connectivity index (χ3n) is 4.37. The fourth-order valence-corrected chi connectivity index (χ4v) is 3.70. The first-order valence-corrected chi connectivity index (χ1v) is 10.4. The molecule has 4 rings (SSSR count). The van der Waals surface area contributed by atoms with Crippen LogP contribution in [-0.4, -0.2) is 31.4 Å². The molecule has 0 bridgehead atoms. The van der Waals surface area contributed by atoms with Crippen LogP contribution in [0.15, 0.2) is 76.8 Å². The summed E-state index contributed by atoms with van der Waals surface area (Å²) in [5.74, 6) is 0.428. The predicted octanol–water partition coefficient (Wildman–Crippen LogP) is 4.73. The quantitative estimate of drug-likeness (QED) is 0.402. The molecule has 0 saturated carbocycles. The molecule has 0 aliphatic heterocycles. The van der Waals surface area contributed by atoms with Crippen molar-refractivity contribution in [1.29, 1.82) is 0 Å². The van der Waals surface area contributed by atoms with Crippen molar-refractivity contribution in [3.05, 3.63) is 78.5 Å². The third kappa shape index (κ3) is 4.99. The van der Waals surface area contributed by atoms with Gasteiger partial charge in [-0.2, -0.15) is 13.2 Å². The molecule has 3 heterocycles. The lowest BCUT2D eigenvalue weighted by atomic mass is 10.1. The molecule has 0 aliphatic carbocycles. The second-order valence-corrected chi connectivity index (χ2v) is 7.54. The Kier molecular flexibility index (Phi) is 6.26. The molecule has 0 atom stereocenters. The number of carbonyl (C=O) groups excluding carboxylic acids is 1. The van der Waals surface area contributed by atoms with Gasteiger partial charge in [-0.15, -0.1) is 10.2 Å². The number of amides is 1. The number of para-hydroxylation sites is 1. The highest BCUT2D eigenvalue weighted by atomic mass is 32.2. The fourth-order valence-electron chi connectivity index (χ4n) is 2.96. The summed E-state index contributed by atoms with van der Waals surface area (Å²) in [6.45, 7) is 0.311. The third-order valence-corrected chi connectivity index (χ3v) is 5.34. The van der Waals surface area contributed by atoms with Gasteiger partial charge in [-0.05, 0) is 36.4 Å². The molecule has 1 amide bonds. The molecule has 4 aromatic rings. The summed E-state index contributed by atoms with van der Waals surface area (Å²) >= 11 is 1.06. The molecular formula is C21H16F3N5O2S. The molecule has 32 heavy (non-hydrogen) atoms. The van der Waals surface area contributed by atoms with Gasteiger partial charge in [0.15, 0.2) is 11.0 Å². The SMILES string of the molecule is O=C(CSc1nnc(-c2cccnc2)n1Cc1ccco1)Nc1ccccc1C(F)(F)F. The lowest BCUT2D eigenvalue weighted by Crippen LogP contribution is -2.18. The molecule has 0 saturated heterocycles. The Morgan fingerprint density at radius 1 is 1.09 bits per heavy atom. The molecule has 0 aliphatic rings. The highest BCUT2D eigenvalue weighted by molar-refractivity contribution is 7.99. The Balaban J connectivity index is 1.52. The monoisotopic (exact) mass is 459 g/mol. The Morgan fingerprint density at radius 3 is 2.66 bits per heavy atom. The second kappa shape index (κ2) is 9.27. The van der Waals surface area contributed by atoms with Gasteiger partial charge in [0, 0.05) is 18.0 Å². The van der Waals surface area contributed by atoms with Crippen LogP contribution in [0.2, 0.25) is 0 Å². The van der Waals surface area contributed by atoms with Crippen LogP contribution in [0.3, 0.4) is 0 Å². The summed E-state index contributed by atoms with van der Waals surface area (Å²) in [6, 6.07) is 12.0. The van der Waals surface area contributed by atoms with Crippen molar-refractivity contribution >= 4 is 23.4 Å². The Morgan fingerprint density at radius 2 is 1.94 bits per heavy atom. The number of nitrogens with zero attached hydrogens (tertiary/aromatic N) is 4. The van der Waals surface area contributed by atoms with Crippen LogP contribution in [-0.2, 0) is 17.5 Å². The van der Waals surface area contributed by atoms with Crippen LogP contribution in [0.4, 0.5) is 18.9 Å². The van der Waals surface area contributed by atoms with E-state index in [2.05, 4.69) is 20.5 Å². The average Bonchev–Trinajstić information content (AvgIpc) is 3.43. The van der Waals surface area contributed by atoms with Crippen LogP contribution in [0.1, 0.15) is 11.3 Å². The number of pyridine rings is 1. The smallest absolute Gasteiger partial charge is 0.418 e. The van der Waals surface area contributed by atoms with Crippen molar-refractivity contribution in [2.24, 2.45) is 0 Å². The van der Waals surface area contributed by atoms with Gasteiger partial charge in [-0.25, -0.2) is 0 Å². The molecule has 0 fully saturated rings. The number of halogens is 3. The summed E-state index contributed by atoms with van der Waals surface area (Å²) in [5, 5.41) is 11.1. The van der Waals surface area contributed by atoms with Crippen LogP contribution < -0.4 is 5.32 Å². The van der Waals surface area contributed by atoms with E-state index in [9.17, 15) is 18.0 Å². The maximum atomic E-state index is 13.2. The van der Waals surface area contributed by atoms with Gasteiger partial charge < -0.3 is 9.73 Å². The zero-order valence-corrected chi connectivity index (χ0v) is 17.2. The van der Waals surface area contributed by atoms with Crippen molar-refractivity contribution < 1.29 is 22.4 Å². The largest absolute Gasteiger partial charge is 0.467 e. The zero-order chi connectivity index (χ0) is 22.6. The normalized spacial score (nSPS) is 11.5. The number of benzene rings is 1. The minimum Gasteiger partial charge on any atom is -0.467 e. The standard InChI is InChI=1S/C21H16F3N5O2S/c22-21(23,24)16-7-1-2-8-17(16)26-18(30)13-32-20-28-27-19(14-5-3-9-25-11-14)29(20)12-15-6-4-10-31-15/h1-11H,12-13H2,(H,26,30). The minimum atomic E-state index is -4.57. The summed E-state index contributed by atoms with van der Waals surface area (Å²) in [5.41, 5.74) is -0.473. The number of thioether (sulfide) groups is 1. The number of hydrogen-bond donors (Lipinski definition) is 1. The van der Waals surface area contributed by atoms with E-state index in [0.717, 1.165) is 23.4 Å². The topological polar surface area (TPSA) is 85.8 Å². The number of aromatic nitrogens is 4. The second-order valence-electron chi connectivity index (χ2n) is 6.59. The Bertz CT molecular complexity index is 1190. The molecule has 0 spiro atoms. The average molecular weight is 459 g/mol. The number of nitrogens with one attached hydrogen (secondary N) is 1. The van der Waals surface area contributed by atoms with E-state index in [1.54, 1.807) is 41.4 Å². The van der Waals surface area contributed by atoms with Gasteiger partial charge in [0.1, 0.15) is 5.76 Å². The molecule has 1 aromatic carbocycles. The maximum Gasteiger partial charge on any atom is 0.418 e. The van der Waals surface area contributed by atoms with Crippen molar-refractivity contribution in [3.63, 3.8) is 0 Å². The summed E-state index contributed by atoms with van der Waals surface area (Å²) in [7, 11) is 0. The number of carbonyl (C=O) groups is 1. The minimum absolute atomic E-state index is 0.157. The molecular weight excluding hydrogens is 443 g/mol. The van der Waals surface area contributed by atoms with E-state index in [-0.39, 0.29) is 11.4 Å². The van der Waals surface area contributed by atoms with Crippen molar-refractivity contribution in [3.8, 4) is 11.4 Å². The van der Waals surface area contributed by atoms with Gasteiger partial charge in [0.25, 0.3) is 0 Å². The highest BCUT2D eigenvalue weighted by Gasteiger charge is 2.33. The number of hydrogen-bond acceptors (Lipinski definition) is 6. The first kappa shape index (κ1) is 21.6. The molecule has 0 radical (unpaired) electrons. The van der Waals surface area contributed by atoms with Gasteiger partial charge in [0.05, 0.1) is 29.8 Å². The van der Waals surface area contributed by atoms with Crippen molar-refractivity contribution in [2.75, 3.05) is 11.1 Å². The molecule has 7 nitrogen and oxygen atoms in total. The van der Waals surface area contributed by atoms with Crippen LogP contribution in [0.5, 0.6) is 0 Å². The molecule has 164 valence electrons. The lowest BCUT2D eigenvalue weighted by Gasteiger charge is -2.13. The lowest BCUT2D eigenvalue weighted by molar-refractivity contribution is -0.137. The molecule has 3 aromatic heterocycles. The predicted molar refractivity (Wildman–Crippen MR) is 112 cm³/mol. The number of furan rings is 1. The Labute approximate surface area is 184 Å². The highest BCUT2D eigenvalue weighted by Crippen LogP contribution is 2.34. The summed E-state index contributed by atoms with van der Waals surface area (Å²) in [4.78, 5) is 16.5. The molecule has 0 unspecified atom stereocenters. The van der Waals surface area contributed by atoms with E-state index in [1.165, 1.54) is 18.2 Å². The van der Waals surface area contributed by atoms with E-state index in [1.807, 2.05) is 6.07 Å². The van der Waals surface area contributed by atoms with Crippen molar-refractivity contribution in [1.82, 2.24) is 19.7 Å². The van der Waals surface area contributed by atoms with E-state index < -0.39 is 17.6 Å². The van der Waals surface area contributed by atoms with E-state index in [0.29, 0.717) is 23.3 Å². The van der Waals surface area contributed by atoms with E-state index in [4.69, 9.17) is 4.42 Å². The van der Waals surface area contributed by atoms with Gasteiger partial charge in [-0.3, -0.25) is 14.3 Å². The van der Waals surface area contributed by atoms with E-state index >= 15 is 0 Å². The van der Waals surface area contributed by atoms with Crippen LogP contribution in [0.25, 0.3) is 11.4 Å². The zero-order valence-electron chi connectivity index (χ0n) is 16.4. The van der Waals surface area contributed by atoms with Gasteiger partial charge in [0.2, 0.25) is 5.91 Å². The van der Waals surface area contributed by atoms with Crippen LogP contribution in [0, 0.1) is 0 Å². The van der Waals surface area contributed by atoms with Crippen molar-refractivity contribution in [2.45, 2.75) is 17.9 Å². The first-order chi connectivity index (χ1) is 15.4. The summed E-state index contributed by atoms with van der Waals surface area (Å²) < 4.78 is 46.6. The number of rotatable bonds is 7. The fraction of sp³-hybridized carbons (Fsp3) is 0.143.